The van der Waals surface area contributed by atoms with Crippen molar-refractivity contribution in [1.82, 2.24) is 4.90 Å². The molecular formula is C16H21NO3. The number of ether oxygens (including phenoxy) is 2. The van der Waals surface area contributed by atoms with Crippen molar-refractivity contribution in [3.8, 4) is 11.5 Å². The molecule has 2 fully saturated rings. The molecule has 4 heteroatoms. The van der Waals surface area contributed by atoms with Crippen LogP contribution in [0.2, 0.25) is 0 Å². The van der Waals surface area contributed by atoms with E-state index in [2.05, 4.69) is 11.0 Å². The van der Waals surface area contributed by atoms with E-state index in [0.29, 0.717) is 24.3 Å². The number of carbonyl (C=O) groups is 1. The van der Waals surface area contributed by atoms with Gasteiger partial charge in [-0.25, -0.2) is 0 Å². The third-order valence-corrected chi connectivity index (χ3v) is 4.56. The molecule has 0 radical (unpaired) electrons. The van der Waals surface area contributed by atoms with Gasteiger partial charge in [-0.3, -0.25) is 4.79 Å². The van der Waals surface area contributed by atoms with E-state index in [9.17, 15) is 4.79 Å². The molecule has 2 aliphatic rings. The maximum atomic E-state index is 12.1. The molecule has 0 saturated carbocycles. The van der Waals surface area contributed by atoms with Crippen LogP contribution in [0, 0.1) is 0 Å². The van der Waals surface area contributed by atoms with Crippen LogP contribution in [-0.4, -0.2) is 37.6 Å². The monoisotopic (exact) mass is 275 g/mol. The summed E-state index contributed by atoms with van der Waals surface area (Å²) in [5, 5.41) is 0. The number of hydrogen-bond donors (Lipinski definition) is 0. The smallest absolute Gasteiger partial charge is 0.223 e. The topological polar surface area (TPSA) is 38.8 Å². The van der Waals surface area contributed by atoms with Crippen LogP contribution in [0.4, 0.5) is 0 Å². The van der Waals surface area contributed by atoms with E-state index < -0.39 is 0 Å². The van der Waals surface area contributed by atoms with Crippen molar-refractivity contribution < 1.29 is 14.3 Å². The molecular weight excluding hydrogens is 254 g/mol. The summed E-state index contributed by atoms with van der Waals surface area (Å²) in [4.78, 5) is 14.2. The van der Waals surface area contributed by atoms with E-state index in [1.165, 1.54) is 12.0 Å². The Labute approximate surface area is 119 Å². The third-order valence-electron chi connectivity index (χ3n) is 4.56. The maximum absolute atomic E-state index is 12.1. The van der Waals surface area contributed by atoms with Crippen molar-refractivity contribution in [1.29, 1.82) is 0 Å². The third kappa shape index (κ3) is 2.13. The van der Waals surface area contributed by atoms with Crippen LogP contribution in [0.5, 0.6) is 11.5 Å². The quantitative estimate of drug-likeness (QED) is 0.851. The highest BCUT2D eigenvalue weighted by Crippen LogP contribution is 2.41. The van der Waals surface area contributed by atoms with Crippen molar-refractivity contribution in [2.24, 2.45) is 0 Å². The molecule has 2 heterocycles. The number of amides is 1. The van der Waals surface area contributed by atoms with Gasteiger partial charge in [-0.05, 0) is 37.0 Å². The first kappa shape index (κ1) is 13.3. The molecule has 3 rings (SSSR count). The number of rotatable bonds is 3. The van der Waals surface area contributed by atoms with Crippen LogP contribution < -0.4 is 9.47 Å². The first-order valence-electron chi connectivity index (χ1n) is 7.26. The molecule has 2 aliphatic heterocycles. The molecule has 20 heavy (non-hydrogen) atoms. The fraction of sp³-hybridized carbons (Fsp3) is 0.562. The van der Waals surface area contributed by atoms with Crippen LogP contribution in [0.15, 0.2) is 18.2 Å². The van der Waals surface area contributed by atoms with Gasteiger partial charge in [0, 0.05) is 24.9 Å². The lowest BCUT2D eigenvalue weighted by atomic mass is 9.87. The highest BCUT2D eigenvalue weighted by Gasteiger charge is 2.41. The van der Waals surface area contributed by atoms with Gasteiger partial charge in [-0.2, -0.15) is 0 Å². The Balaban J connectivity index is 1.90. The van der Waals surface area contributed by atoms with Gasteiger partial charge in [0.1, 0.15) is 0 Å². The van der Waals surface area contributed by atoms with E-state index >= 15 is 0 Å². The van der Waals surface area contributed by atoms with Crippen LogP contribution in [0.1, 0.15) is 37.2 Å². The molecule has 0 aliphatic carbocycles. The SMILES string of the molecule is COc1ccc([C@@H]2CC(=O)N3CCCC[C@H]23)cc1OC. The molecule has 4 nitrogen and oxygen atoms in total. The summed E-state index contributed by atoms with van der Waals surface area (Å²) in [5.74, 6) is 2.07. The molecule has 2 atom stereocenters. The second-order valence-electron chi connectivity index (χ2n) is 5.58. The molecule has 1 aromatic carbocycles. The zero-order valence-corrected chi connectivity index (χ0v) is 12.1. The Morgan fingerprint density at radius 1 is 1.15 bits per heavy atom. The van der Waals surface area contributed by atoms with Crippen LogP contribution in [0.25, 0.3) is 0 Å². The average Bonchev–Trinajstić information content (AvgIpc) is 2.84. The van der Waals surface area contributed by atoms with E-state index in [0.717, 1.165) is 30.9 Å². The van der Waals surface area contributed by atoms with Crippen LogP contribution in [-0.2, 0) is 4.79 Å². The summed E-state index contributed by atoms with van der Waals surface area (Å²) in [6.07, 6.45) is 4.10. The van der Waals surface area contributed by atoms with Crippen LogP contribution >= 0.6 is 0 Å². The second-order valence-corrected chi connectivity index (χ2v) is 5.58. The summed E-state index contributed by atoms with van der Waals surface area (Å²) >= 11 is 0. The van der Waals surface area contributed by atoms with Crippen molar-refractivity contribution in [2.45, 2.75) is 37.6 Å². The molecule has 0 bridgehead atoms. The van der Waals surface area contributed by atoms with Crippen molar-refractivity contribution in [3.05, 3.63) is 23.8 Å². The molecule has 0 unspecified atom stereocenters. The summed E-state index contributed by atoms with van der Waals surface area (Å²) in [6.45, 7) is 0.924. The number of methoxy groups -OCH3 is 2. The lowest BCUT2D eigenvalue weighted by Crippen LogP contribution is -2.38. The minimum Gasteiger partial charge on any atom is -0.493 e. The zero-order valence-electron chi connectivity index (χ0n) is 12.1. The summed E-state index contributed by atoms with van der Waals surface area (Å²) in [5.41, 5.74) is 1.19. The Morgan fingerprint density at radius 2 is 1.95 bits per heavy atom. The lowest BCUT2D eigenvalue weighted by molar-refractivity contribution is -0.129. The van der Waals surface area contributed by atoms with E-state index in [1.807, 2.05) is 12.1 Å². The molecule has 0 aromatic heterocycles. The van der Waals surface area contributed by atoms with E-state index in [-0.39, 0.29) is 0 Å². The predicted molar refractivity (Wildman–Crippen MR) is 76.3 cm³/mol. The minimum atomic E-state index is 0.294. The van der Waals surface area contributed by atoms with Crippen LogP contribution in [0.3, 0.4) is 0 Å². The lowest BCUT2D eigenvalue weighted by Gasteiger charge is -2.32. The second kappa shape index (κ2) is 5.35. The molecule has 1 aromatic rings. The summed E-state index contributed by atoms with van der Waals surface area (Å²) in [7, 11) is 3.29. The van der Waals surface area contributed by atoms with Gasteiger partial charge in [0.15, 0.2) is 11.5 Å². The Morgan fingerprint density at radius 3 is 2.70 bits per heavy atom. The molecule has 2 saturated heterocycles. The average molecular weight is 275 g/mol. The van der Waals surface area contributed by atoms with Gasteiger partial charge in [0.2, 0.25) is 5.91 Å². The van der Waals surface area contributed by atoms with Crippen molar-refractivity contribution in [3.63, 3.8) is 0 Å². The van der Waals surface area contributed by atoms with Gasteiger partial charge < -0.3 is 14.4 Å². The van der Waals surface area contributed by atoms with Gasteiger partial charge >= 0.3 is 0 Å². The Kier molecular flexibility index (Phi) is 3.55. The minimum absolute atomic E-state index is 0.294. The number of fused-ring (bicyclic) bond motifs is 1. The number of nitrogens with zero attached hydrogens (tertiary/aromatic N) is 1. The fourth-order valence-electron chi connectivity index (χ4n) is 3.55. The van der Waals surface area contributed by atoms with Gasteiger partial charge in [0.05, 0.1) is 14.2 Å². The first-order chi connectivity index (χ1) is 9.74. The fourth-order valence-corrected chi connectivity index (χ4v) is 3.55. The van der Waals surface area contributed by atoms with Crippen molar-refractivity contribution in [2.75, 3.05) is 20.8 Å². The highest BCUT2D eigenvalue weighted by atomic mass is 16.5. The Hall–Kier alpha value is -1.71. The number of benzene rings is 1. The molecule has 0 N–H and O–H groups in total. The Bertz CT molecular complexity index is 514. The largest absolute Gasteiger partial charge is 0.493 e. The molecule has 108 valence electrons. The summed E-state index contributed by atoms with van der Waals surface area (Å²) < 4.78 is 10.7. The van der Waals surface area contributed by atoms with E-state index in [1.54, 1.807) is 14.2 Å². The standard InChI is InChI=1S/C16H21NO3/c1-19-14-7-6-11(9-15(14)20-2)12-10-16(18)17-8-4-3-5-13(12)17/h6-7,9,12-13H,3-5,8,10H2,1-2H3/t12-,13+/m0/s1. The maximum Gasteiger partial charge on any atom is 0.223 e. The van der Waals surface area contributed by atoms with Gasteiger partial charge in [-0.15, -0.1) is 0 Å². The van der Waals surface area contributed by atoms with Gasteiger partial charge in [0.25, 0.3) is 0 Å². The summed E-state index contributed by atoms with van der Waals surface area (Å²) in [6, 6.07) is 6.39. The zero-order chi connectivity index (χ0) is 14.1. The molecule has 1 amide bonds. The molecule has 0 spiro atoms. The predicted octanol–water partition coefficient (Wildman–Crippen LogP) is 2.57. The highest BCUT2D eigenvalue weighted by molar-refractivity contribution is 5.80. The number of carbonyl (C=O) groups excluding carboxylic acids is 1. The van der Waals surface area contributed by atoms with Gasteiger partial charge in [-0.1, -0.05) is 6.07 Å². The first-order valence-corrected chi connectivity index (χ1v) is 7.26. The van der Waals surface area contributed by atoms with E-state index in [4.69, 9.17) is 9.47 Å². The normalized spacial score (nSPS) is 25.5. The van der Waals surface area contributed by atoms with Crippen molar-refractivity contribution >= 4 is 5.91 Å². The number of hydrogen-bond acceptors (Lipinski definition) is 3. The number of piperidine rings is 1.